The summed E-state index contributed by atoms with van der Waals surface area (Å²) in [5.74, 6) is 6.02. The van der Waals surface area contributed by atoms with Gasteiger partial charge in [0, 0.05) is 12.3 Å². The third kappa shape index (κ3) is 5.17. The van der Waals surface area contributed by atoms with Crippen LogP contribution in [-0.2, 0) is 0 Å². The second-order valence-corrected chi connectivity index (χ2v) is 13.7. The maximum absolute atomic E-state index is 12.0. The standard InChI is InChI=1S/C29H52N2O2S/c1-5-7-17-34-31-27(33)30-16-8-9-21-10-11-24-23-18-20(6-2)26-19-22(32)12-14-29(26,4)25(23)13-15-28(21,24)3/h20-26,32H,5-19H2,1-4H3,(H2,30,31,33)/t20-,21-,22+,23?,24?,25-,26?,28?,29?/m0/s1. The van der Waals surface area contributed by atoms with Gasteiger partial charge in [-0.1, -0.05) is 40.5 Å². The summed E-state index contributed by atoms with van der Waals surface area (Å²) in [4.78, 5) is 12.0. The molecule has 196 valence electrons. The number of carbonyl (C=O) groups excluding carboxylic acids is 1. The van der Waals surface area contributed by atoms with E-state index in [0.717, 1.165) is 73.5 Å². The van der Waals surface area contributed by atoms with Gasteiger partial charge in [0.05, 0.1) is 6.10 Å². The summed E-state index contributed by atoms with van der Waals surface area (Å²) in [7, 11) is 0. The van der Waals surface area contributed by atoms with E-state index in [9.17, 15) is 9.90 Å². The Morgan fingerprint density at radius 2 is 1.74 bits per heavy atom. The molecule has 0 spiro atoms. The minimum Gasteiger partial charge on any atom is -0.393 e. The predicted molar refractivity (Wildman–Crippen MR) is 144 cm³/mol. The lowest BCUT2D eigenvalue weighted by Gasteiger charge is -2.63. The fourth-order valence-corrected chi connectivity index (χ4v) is 10.2. The molecular formula is C29H52N2O2S. The summed E-state index contributed by atoms with van der Waals surface area (Å²) < 4.78 is 2.92. The van der Waals surface area contributed by atoms with Gasteiger partial charge in [0.2, 0.25) is 0 Å². The molecule has 4 saturated carbocycles. The fraction of sp³-hybridized carbons (Fsp3) is 0.966. The van der Waals surface area contributed by atoms with Crippen molar-refractivity contribution in [3.8, 4) is 0 Å². The Balaban J connectivity index is 1.32. The fourth-order valence-electron chi connectivity index (χ4n) is 9.44. The number of amides is 2. The van der Waals surface area contributed by atoms with Crippen LogP contribution in [0.4, 0.5) is 4.79 Å². The Morgan fingerprint density at radius 3 is 2.50 bits per heavy atom. The monoisotopic (exact) mass is 492 g/mol. The van der Waals surface area contributed by atoms with Crippen LogP contribution in [0.2, 0.25) is 0 Å². The van der Waals surface area contributed by atoms with E-state index in [-0.39, 0.29) is 12.1 Å². The molecule has 0 saturated heterocycles. The molecule has 3 N–H and O–H groups in total. The molecule has 4 rings (SSSR count). The Labute approximate surface area is 213 Å². The smallest absolute Gasteiger partial charge is 0.324 e. The normalized spacial score (nSPS) is 43.5. The summed E-state index contributed by atoms with van der Waals surface area (Å²) in [6.07, 6.45) is 16.3. The van der Waals surface area contributed by atoms with Crippen molar-refractivity contribution in [3.63, 3.8) is 0 Å². The van der Waals surface area contributed by atoms with Crippen LogP contribution in [-0.4, -0.2) is 29.5 Å². The third-order valence-corrected chi connectivity index (χ3v) is 12.1. The summed E-state index contributed by atoms with van der Waals surface area (Å²) in [5.41, 5.74) is 0.948. The predicted octanol–water partition coefficient (Wildman–Crippen LogP) is 7.17. The first-order valence-electron chi connectivity index (χ1n) is 14.7. The number of aliphatic hydroxyl groups is 1. The zero-order chi connectivity index (χ0) is 24.3. The first kappa shape index (κ1) is 26.6. The molecule has 4 aliphatic carbocycles. The third-order valence-electron chi connectivity index (χ3n) is 11.3. The largest absolute Gasteiger partial charge is 0.393 e. The van der Waals surface area contributed by atoms with Crippen molar-refractivity contribution in [2.75, 3.05) is 12.3 Å². The van der Waals surface area contributed by atoms with Crippen molar-refractivity contribution >= 4 is 18.0 Å². The van der Waals surface area contributed by atoms with Crippen molar-refractivity contribution in [2.24, 2.45) is 46.3 Å². The van der Waals surface area contributed by atoms with Gasteiger partial charge >= 0.3 is 6.03 Å². The highest BCUT2D eigenvalue weighted by Crippen LogP contribution is 2.69. The molecule has 5 heteroatoms. The van der Waals surface area contributed by atoms with E-state index in [1.165, 1.54) is 69.7 Å². The van der Waals surface area contributed by atoms with Crippen LogP contribution < -0.4 is 10.0 Å². The van der Waals surface area contributed by atoms with Gasteiger partial charge in [0.15, 0.2) is 0 Å². The number of hydrogen-bond acceptors (Lipinski definition) is 3. The van der Waals surface area contributed by atoms with Gasteiger partial charge in [0.1, 0.15) is 0 Å². The Hall–Kier alpha value is -0.420. The first-order valence-corrected chi connectivity index (χ1v) is 15.7. The number of unbranched alkanes of at least 4 members (excludes halogenated alkanes) is 1. The number of aliphatic hydroxyl groups excluding tert-OH is 1. The van der Waals surface area contributed by atoms with E-state index in [4.69, 9.17) is 0 Å². The summed E-state index contributed by atoms with van der Waals surface area (Å²) >= 11 is 1.53. The molecule has 5 unspecified atom stereocenters. The molecule has 0 bridgehead atoms. The molecule has 4 fully saturated rings. The van der Waals surface area contributed by atoms with Crippen LogP contribution in [0.1, 0.15) is 111 Å². The maximum atomic E-state index is 12.0. The molecule has 2 amide bonds. The molecule has 0 radical (unpaired) electrons. The number of rotatable bonds is 9. The molecule has 4 nitrogen and oxygen atoms in total. The highest BCUT2D eigenvalue weighted by molar-refractivity contribution is 7.97. The SMILES string of the molecule is CCCCSNC(=O)NCCC[C@H]1CCC2C3C[C@H](CC)C4C[C@H](O)CCC4(C)[C@H]3CCC21C. The molecular weight excluding hydrogens is 440 g/mol. The Bertz CT molecular complexity index is 689. The van der Waals surface area contributed by atoms with Gasteiger partial charge in [-0.05, 0) is 129 Å². The minimum absolute atomic E-state index is 0.0228. The van der Waals surface area contributed by atoms with Gasteiger partial charge in [0.25, 0.3) is 0 Å². The van der Waals surface area contributed by atoms with Crippen molar-refractivity contribution < 1.29 is 9.90 Å². The van der Waals surface area contributed by atoms with E-state index in [0.29, 0.717) is 10.8 Å². The molecule has 0 aromatic carbocycles. The summed E-state index contributed by atoms with van der Waals surface area (Å²) in [5, 5.41) is 13.5. The van der Waals surface area contributed by atoms with Crippen LogP contribution in [0.5, 0.6) is 0 Å². The molecule has 9 atom stereocenters. The molecule has 0 aromatic rings. The second kappa shape index (κ2) is 11.3. The number of fused-ring (bicyclic) bond motifs is 5. The summed E-state index contributed by atoms with van der Waals surface area (Å²) in [6.45, 7) is 10.6. The number of hydrogen-bond donors (Lipinski definition) is 3. The topological polar surface area (TPSA) is 61.4 Å². The molecule has 34 heavy (non-hydrogen) atoms. The van der Waals surface area contributed by atoms with Gasteiger partial charge in [-0.2, -0.15) is 0 Å². The van der Waals surface area contributed by atoms with Crippen LogP contribution in [0.25, 0.3) is 0 Å². The Kier molecular flexibility index (Phi) is 8.87. The zero-order valence-corrected chi connectivity index (χ0v) is 23.2. The lowest BCUT2D eigenvalue weighted by Crippen LogP contribution is -2.56. The van der Waals surface area contributed by atoms with Crippen LogP contribution in [0.3, 0.4) is 0 Å². The number of carbonyl (C=O) groups is 1. The molecule has 0 heterocycles. The van der Waals surface area contributed by atoms with E-state index in [2.05, 4.69) is 37.7 Å². The van der Waals surface area contributed by atoms with E-state index in [1.807, 2.05) is 0 Å². The average Bonchev–Trinajstić information content (AvgIpc) is 3.16. The summed E-state index contributed by atoms with van der Waals surface area (Å²) in [6, 6.07) is -0.0228. The lowest BCUT2D eigenvalue weighted by molar-refractivity contribution is -0.150. The molecule has 4 aliphatic rings. The highest BCUT2D eigenvalue weighted by atomic mass is 32.2. The van der Waals surface area contributed by atoms with Gasteiger partial charge in [-0.3, -0.25) is 4.72 Å². The Morgan fingerprint density at radius 1 is 0.971 bits per heavy atom. The number of urea groups is 1. The zero-order valence-electron chi connectivity index (χ0n) is 22.4. The molecule has 0 aromatic heterocycles. The van der Waals surface area contributed by atoms with Crippen LogP contribution in [0, 0.1) is 46.3 Å². The van der Waals surface area contributed by atoms with Crippen LogP contribution >= 0.6 is 11.9 Å². The average molecular weight is 493 g/mol. The van der Waals surface area contributed by atoms with Crippen molar-refractivity contribution in [3.05, 3.63) is 0 Å². The minimum atomic E-state index is -0.0565. The quantitative estimate of drug-likeness (QED) is 0.236. The molecule has 0 aliphatic heterocycles. The first-order chi connectivity index (χ1) is 16.3. The van der Waals surface area contributed by atoms with Gasteiger partial charge in [-0.15, -0.1) is 0 Å². The number of nitrogens with one attached hydrogen (secondary N) is 2. The highest BCUT2D eigenvalue weighted by Gasteiger charge is 2.61. The maximum Gasteiger partial charge on any atom is 0.324 e. The van der Waals surface area contributed by atoms with Gasteiger partial charge < -0.3 is 10.4 Å². The van der Waals surface area contributed by atoms with Crippen molar-refractivity contribution in [1.82, 2.24) is 10.0 Å². The van der Waals surface area contributed by atoms with Crippen molar-refractivity contribution in [2.45, 2.75) is 117 Å². The van der Waals surface area contributed by atoms with Gasteiger partial charge in [-0.25, -0.2) is 4.79 Å². The van der Waals surface area contributed by atoms with Crippen molar-refractivity contribution in [1.29, 1.82) is 0 Å². The van der Waals surface area contributed by atoms with Crippen LogP contribution in [0.15, 0.2) is 0 Å². The second-order valence-electron chi connectivity index (χ2n) is 12.8. The van der Waals surface area contributed by atoms with E-state index in [1.54, 1.807) is 0 Å². The van der Waals surface area contributed by atoms with E-state index >= 15 is 0 Å². The van der Waals surface area contributed by atoms with E-state index < -0.39 is 0 Å². The lowest BCUT2D eigenvalue weighted by atomic mass is 9.42.